The molecule has 1 aliphatic heterocycles. The molecule has 0 fully saturated rings. The van der Waals surface area contributed by atoms with Gasteiger partial charge in [0.25, 0.3) is 26.1 Å². The lowest BCUT2D eigenvalue weighted by atomic mass is 10.1. The van der Waals surface area contributed by atoms with Crippen molar-refractivity contribution in [2.24, 2.45) is 5.73 Å². The Balaban J connectivity index is 1.80. The Morgan fingerprint density at radius 1 is 0.907 bits per heavy atom. The van der Waals surface area contributed by atoms with Crippen molar-refractivity contribution in [1.29, 1.82) is 0 Å². The van der Waals surface area contributed by atoms with Crippen LogP contribution < -0.4 is 20.1 Å². The number of aromatic nitrogens is 2. The summed E-state index contributed by atoms with van der Waals surface area (Å²) in [6, 6.07) is 8.60. The van der Waals surface area contributed by atoms with Crippen LogP contribution >= 0.6 is 23.2 Å². The Kier molecular flexibility index (Phi) is 13.1. The number of methoxy groups -OCH3 is 1. The number of anilines is 2. The van der Waals surface area contributed by atoms with Crippen LogP contribution in [0.3, 0.4) is 0 Å². The average Bonchev–Trinajstić information content (AvgIpc) is 3.48. The highest BCUT2D eigenvalue weighted by Crippen LogP contribution is 2.49. The van der Waals surface area contributed by atoms with Gasteiger partial charge in [0.05, 0.1) is 63.8 Å². The number of allylic oxidation sites excluding steroid dienone is 2. The van der Waals surface area contributed by atoms with E-state index in [9.17, 15) is 52.3 Å². The van der Waals surface area contributed by atoms with Crippen molar-refractivity contribution in [3.63, 3.8) is 0 Å². The largest absolute Gasteiger partial charge is 0.497 e. The van der Waals surface area contributed by atoms with Crippen LogP contribution in [0.1, 0.15) is 49.6 Å². The number of hydrogen-bond donors (Lipinski definition) is 3. The summed E-state index contributed by atoms with van der Waals surface area (Å²) in [5.41, 5.74) is 3.65. The molecule has 0 atom stereocenters. The van der Waals surface area contributed by atoms with E-state index in [0.29, 0.717) is 0 Å². The Labute approximate surface area is 316 Å². The van der Waals surface area contributed by atoms with Crippen molar-refractivity contribution in [3.8, 4) is 12.1 Å². The second-order valence-corrected chi connectivity index (χ2v) is 15.8. The molecule has 4 rings (SSSR count). The minimum Gasteiger partial charge on any atom is -0.497 e. The lowest BCUT2D eigenvalue weighted by molar-refractivity contribution is -0.558. The molecule has 3 aromatic rings. The van der Waals surface area contributed by atoms with E-state index in [2.05, 4.69) is 12.1 Å². The van der Waals surface area contributed by atoms with E-state index < -0.39 is 65.3 Å². The topological polar surface area (TPSA) is 159 Å². The van der Waals surface area contributed by atoms with Crippen LogP contribution in [0.5, 0.6) is 0 Å². The van der Waals surface area contributed by atoms with E-state index in [1.165, 1.54) is 27.2 Å². The first-order valence-electron chi connectivity index (χ1n) is 15.9. The van der Waals surface area contributed by atoms with Crippen LogP contribution in [-0.2, 0) is 43.9 Å². The van der Waals surface area contributed by atoms with E-state index >= 15 is 0 Å². The number of nitrogens with two attached hydrogens (primary N) is 1. The molecule has 0 radical (unpaired) electrons. The first-order valence-corrected chi connectivity index (χ1v) is 19.9. The number of imidazole rings is 1. The molecule has 2 aromatic carbocycles. The van der Waals surface area contributed by atoms with Crippen molar-refractivity contribution < 1.29 is 61.6 Å². The SMILES string of the molecule is CCN1/C(=C(/CC/C=C/c2n(CCCS(=O)(=O)O)c3cc(C(F)(F)F)c(Cl)cc3[n+]2C#CN)OC)N(CCCS(=O)(=O)O)c2cc(C(F)(F)F)c(Cl)cc21. The second-order valence-electron chi connectivity index (χ2n) is 11.8. The Morgan fingerprint density at radius 3 is 2.00 bits per heavy atom. The number of nitrogens with zero attached hydrogens (tertiary/aromatic N) is 4. The Bertz CT molecular complexity index is 2270. The molecule has 0 saturated heterocycles. The standard InChI is InChI=1S/C32H33Cl2F6N5O7S2/c1-3-42-26-18-22(33)21(32(38,39)40)17-25(26)45(12-7-15-54(49,50)51)30(42)28(52-2)8-4-5-9-29-43(11-6-14-53(46,47)48)24-16-20(31(35,36)37)23(34)19-27(24)44(29)13-10-41/h5,9,16-19H,3-4,6-8,11-12,14-15,41H2,1-2H3,(H-,46,47,48,49,50,51)/p+1/b9-5+,30-28+. The maximum absolute atomic E-state index is 13.9. The predicted molar refractivity (Wildman–Crippen MR) is 191 cm³/mol. The maximum Gasteiger partial charge on any atom is 0.418 e. The zero-order chi connectivity index (χ0) is 40.4. The highest BCUT2D eigenvalue weighted by atomic mass is 35.5. The lowest BCUT2D eigenvalue weighted by Crippen LogP contribution is -2.32. The molecular weight excluding hydrogens is 815 g/mol. The molecule has 0 aliphatic carbocycles. The maximum atomic E-state index is 13.9. The molecule has 0 amide bonds. The second kappa shape index (κ2) is 16.5. The van der Waals surface area contributed by atoms with Gasteiger partial charge in [-0.15, -0.1) is 4.57 Å². The van der Waals surface area contributed by atoms with Crippen LogP contribution in [-0.4, -0.2) is 62.2 Å². The molecule has 4 N–H and O–H groups in total. The van der Waals surface area contributed by atoms with Crippen LogP contribution in [0, 0.1) is 12.1 Å². The van der Waals surface area contributed by atoms with Gasteiger partial charge >= 0.3 is 12.4 Å². The first-order chi connectivity index (χ1) is 25.0. The van der Waals surface area contributed by atoms with Crippen LogP contribution in [0.2, 0.25) is 10.0 Å². The highest BCUT2D eigenvalue weighted by molar-refractivity contribution is 7.86. The molecule has 1 aromatic heterocycles. The highest BCUT2D eigenvalue weighted by Gasteiger charge is 2.40. The third-order valence-electron chi connectivity index (χ3n) is 8.23. The van der Waals surface area contributed by atoms with Gasteiger partial charge in [0.1, 0.15) is 11.8 Å². The van der Waals surface area contributed by atoms with E-state index in [-0.39, 0.29) is 85.1 Å². The molecule has 0 saturated carbocycles. The normalized spacial score (nSPS) is 14.9. The number of aryl methyl sites for hydroxylation is 1. The average molecular weight is 850 g/mol. The molecule has 2 heterocycles. The quantitative estimate of drug-likeness (QED) is 0.0408. The molecule has 12 nitrogen and oxygen atoms in total. The van der Waals surface area contributed by atoms with Crippen LogP contribution in [0.4, 0.5) is 37.7 Å². The molecule has 0 spiro atoms. The van der Waals surface area contributed by atoms with Crippen LogP contribution in [0.15, 0.2) is 41.9 Å². The lowest BCUT2D eigenvalue weighted by Gasteiger charge is -2.27. The number of ether oxygens (including phenoxy) is 1. The van der Waals surface area contributed by atoms with Gasteiger partial charge in [-0.1, -0.05) is 29.3 Å². The van der Waals surface area contributed by atoms with E-state index in [1.54, 1.807) is 17.9 Å². The number of alkyl halides is 6. The summed E-state index contributed by atoms with van der Waals surface area (Å²) in [4.78, 5) is 3.08. The summed E-state index contributed by atoms with van der Waals surface area (Å²) < 4.78 is 156. The number of hydrogen-bond acceptors (Lipinski definition) is 8. The zero-order valence-electron chi connectivity index (χ0n) is 28.5. The summed E-state index contributed by atoms with van der Waals surface area (Å²) >= 11 is 12.1. The number of benzene rings is 2. The zero-order valence-corrected chi connectivity index (χ0v) is 31.6. The summed E-state index contributed by atoms with van der Waals surface area (Å²) in [6.07, 6.45) is -6.74. The molecule has 1 aliphatic rings. The summed E-state index contributed by atoms with van der Waals surface area (Å²) in [5.74, 6) is -0.686. The summed E-state index contributed by atoms with van der Waals surface area (Å²) in [7, 11) is -7.50. The monoisotopic (exact) mass is 848 g/mol. The Morgan fingerprint density at radius 2 is 1.46 bits per heavy atom. The first kappa shape index (κ1) is 42.9. The fraction of sp³-hybridized carbons (Fsp3) is 0.406. The molecule has 296 valence electrons. The third kappa shape index (κ3) is 9.86. The summed E-state index contributed by atoms with van der Waals surface area (Å²) in [6.45, 7) is 1.60. The molecule has 22 heteroatoms. The fourth-order valence-electron chi connectivity index (χ4n) is 6.05. The summed E-state index contributed by atoms with van der Waals surface area (Å²) in [5, 5.41) is -1.20. The van der Waals surface area contributed by atoms with Crippen molar-refractivity contribution >= 4 is 71.9 Å². The Hall–Kier alpha value is -3.87. The van der Waals surface area contributed by atoms with Crippen molar-refractivity contribution in [1.82, 2.24) is 4.57 Å². The van der Waals surface area contributed by atoms with Gasteiger partial charge < -0.3 is 20.3 Å². The van der Waals surface area contributed by atoms with Gasteiger partial charge in [-0.25, -0.2) is 4.57 Å². The number of rotatable bonds is 14. The van der Waals surface area contributed by atoms with Gasteiger partial charge in [-0.05, 0) is 31.9 Å². The predicted octanol–water partition coefficient (Wildman–Crippen LogP) is 6.51. The van der Waals surface area contributed by atoms with E-state index in [4.69, 9.17) is 33.7 Å². The van der Waals surface area contributed by atoms with Crippen molar-refractivity contribution in [3.05, 3.63) is 68.9 Å². The number of fused-ring (bicyclic) bond motifs is 2. The minimum absolute atomic E-state index is 0.0242. The fourth-order valence-corrected chi connectivity index (χ4v) is 7.57. The van der Waals surface area contributed by atoms with Gasteiger partial charge in [0, 0.05) is 44.1 Å². The van der Waals surface area contributed by atoms with Gasteiger partial charge in [-0.3, -0.25) is 9.11 Å². The molecule has 0 unspecified atom stereocenters. The molecule has 54 heavy (non-hydrogen) atoms. The number of halogens is 8. The smallest absolute Gasteiger partial charge is 0.418 e. The van der Waals surface area contributed by atoms with E-state index in [0.717, 1.165) is 24.3 Å². The van der Waals surface area contributed by atoms with Crippen molar-refractivity contribution in [2.75, 3.05) is 41.5 Å². The van der Waals surface area contributed by atoms with Gasteiger partial charge in [-0.2, -0.15) is 43.2 Å². The molecule has 0 bridgehead atoms. The third-order valence-corrected chi connectivity index (χ3v) is 10.5. The van der Waals surface area contributed by atoms with Crippen molar-refractivity contribution in [2.45, 2.75) is 51.5 Å². The van der Waals surface area contributed by atoms with Gasteiger partial charge in [0.2, 0.25) is 0 Å². The van der Waals surface area contributed by atoms with E-state index in [1.807, 2.05) is 0 Å². The minimum atomic E-state index is -4.84. The molecular formula is C32H34Cl2F6N5O7S2+. The van der Waals surface area contributed by atoms with Crippen LogP contribution in [0.25, 0.3) is 17.1 Å². The van der Waals surface area contributed by atoms with Gasteiger partial charge in [0.15, 0.2) is 16.9 Å².